The van der Waals surface area contributed by atoms with Crippen LogP contribution in [0.3, 0.4) is 0 Å². The highest BCUT2D eigenvalue weighted by Gasteiger charge is 2.47. The van der Waals surface area contributed by atoms with Crippen molar-refractivity contribution in [3.05, 3.63) is 225 Å². The van der Waals surface area contributed by atoms with Gasteiger partial charge in [-0.05, 0) is 102 Å². The van der Waals surface area contributed by atoms with E-state index in [1.165, 1.54) is 27.6 Å². The minimum absolute atomic E-state index is 0.231. The minimum Gasteiger partial charge on any atom is -0.453 e. The maximum Gasteiger partial charge on any atom is 0.221 e. The molecular formula is C58H47N4O+. The highest BCUT2D eigenvalue weighted by molar-refractivity contribution is 6.00. The number of fused-ring (bicyclic) bond motifs is 7. The number of para-hydroxylation sites is 4. The molecule has 0 bridgehead atoms. The number of hydrogen-bond donors (Lipinski definition) is 0. The predicted molar refractivity (Wildman–Crippen MR) is 261 cm³/mol. The van der Waals surface area contributed by atoms with Gasteiger partial charge in [-0.15, -0.1) is 0 Å². The fourth-order valence-electron chi connectivity index (χ4n) is 9.94. The number of rotatable bonds is 9. The third-order valence-electron chi connectivity index (χ3n) is 13.1. The minimum atomic E-state index is -0.231. The molecule has 0 aliphatic carbocycles. The summed E-state index contributed by atoms with van der Waals surface area (Å²) in [5.74, 6) is 1.52. The summed E-state index contributed by atoms with van der Waals surface area (Å²) >= 11 is 0. The zero-order valence-electron chi connectivity index (χ0n) is 35.5. The quantitative estimate of drug-likeness (QED) is 0.135. The van der Waals surface area contributed by atoms with Crippen molar-refractivity contribution in [1.82, 2.24) is 0 Å². The molecule has 0 fully saturated rings. The molecule has 2 aliphatic heterocycles. The first kappa shape index (κ1) is 38.1. The molecule has 5 nitrogen and oxygen atoms in total. The summed E-state index contributed by atoms with van der Waals surface area (Å²) in [5, 5.41) is 2.46. The second-order valence-corrected chi connectivity index (χ2v) is 16.3. The van der Waals surface area contributed by atoms with Crippen molar-refractivity contribution in [2.24, 2.45) is 0 Å². The van der Waals surface area contributed by atoms with Gasteiger partial charge >= 0.3 is 0 Å². The number of aromatic nitrogens is 1. The number of pyridine rings is 1. The van der Waals surface area contributed by atoms with Crippen LogP contribution in [-0.2, 0) is 5.54 Å². The van der Waals surface area contributed by atoms with Crippen molar-refractivity contribution < 1.29 is 9.30 Å². The predicted octanol–water partition coefficient (Wildman–Crippen LogP) is 15.9. The average molecular weight is 816 g/mol. The molecule has 0 spiro atoms. The first-order valence-corrected chi connectivity index (χ1v) is 21.9. The van der Waals surface area contributed by atoms with E-state index in [1.54, 1.807) is 0 Å². The molecular weight excluding hydrogens is 769 g/mol. The van der Waals surface area contributed by atoms with E-state index >= 15 is 0 Å². The lowest BCUT2D eigenvalue weighted by Gasteiger charge is -2.37. The van der Waals surface area contributed by atoms with E-state index in [2.05, 4.69) is 246 Å². The summed E-state index contributed by atoms with van der Waals surface area (Å²) in [4.78, 5) is 6.93. The third-order valence-corrected chi connectivity index (χ3v) is 13.1. The Balaban J connectivity index is 1.13. The summed E-state index contributed by atoms with van der Waals surface area (Å²) < 4.78 is 9.65. The molecule has 0 saturated carbocycles. The Hall–Kier alpha value is -7.89. The van der Waals surface area contributed by atoms with E-state index in [0.717, 1.165) is 81.1 Å². The number of ether oxygens (including phenoxy) is 1. The Labute approximate surface area is 369 Å². The number of nitrogens with zero attached hydrogens (tertiary/aromatic N) is 4. The topological polar surface area (TPSA) is 22.8 Å². The molecule has 0 atom stereocenters. The van der Waals surface area contributed by atoms with Gasteiger partial charge in [0.2, 0.25) is 5.69 Å². The SMILES string of the molecule is C=C1c2ccc(N3c4ccc(N(c5ccccc5)c5ccccc5)cc4Oc4cc(N(c5ccccc5)c5ccccc5)ccc43)cc2-c2c3ccccc3cc[n+]2C1(CC)CC. The maximum absolute atomic E-state index is 7.14. The van der Waals surface area contributed by atoms with E-state index in [1.807, 2.05) is 0 Å². The van der Waals surface area contributed by atoms with Crippen molar-refractivity contribution >= 4 is 67.5 Å². The van der Waals surface area contributed by atoms with E-state index in [0.29, 0.717) is 0 Å². The van der Waals surface area contributed by atoms with Crippen LogP contribution in [0.5, 0.6) is 11.5 Å². The van der Waals surface area contributed by atoms with Gasteiger partial charge in [0.25, 0.3) is 0 Å². The lowest BCUT2D eigenvalue weighted by Crippen LogP contribution is -2.59. The Morgan fingerprint density at radius 3 is 1.46 bits per heavy atom. The molecule has 0 saturated heterocycles. The van der Waals surface area contributed by atoms with E-state index in [-0.39, 0.29) is 5.54 Å². The van der Waals surface area contributed by atoms with E-state index < -0.39 is 0 Å². The van der Waals surface area contributed by atoms with Crippen molar-refractivity contribution in [2.45, 2.75) is 32.2 Å². The molecule has 0 N–H and O–H groups in total. The van der Waals surface area contributed by atoms with Crippen molar-refractivity contribution in [3.8, 4) is 22.8 Å². The Kier molecular flexibility index (Phi) is 9.39. The van der Waals surface area contributed by atoms with Crippen LogP contribution in [-0.4, -0.2) is 0 Å². The Bertz CT molecular complexity index is 2930. The van der Waals surface area contributed by atoms with Crippen molar-refractivity contribution in [2.75, 3.05) is 14.7 Å². The average Bonchev–Trinajstić information content (AvgIpc) is 3.35. The molecule has 2 aliphatic rings. The van der Waals surface area contributed by atoms with Gasteiger partial charge in [-0.1, -0.05) is 117 Å². The summed E-state index contributed by atoms with van der Waals surface area (Å²) in [6, 6.07) is 73.2. The Morgan fingerprint density at radius 2 is 0.968 bits per heavy atom. The number of anilines is 9. The normalized spacial score (nSPS) is 13.3. The summed E-state index contributed by atoms with van der Waals surface area (Å²) in [5.41, 5.74) is 13.7. The molecule has 8 aromatic carbocycles. The van der Waals surface area contributed by atoms with Crippen LogP contribution in [0.4, 0.5) is 51.2 Å². The third kappa shape index (κ3) is 6.27. The van der Waals surface area contributed by atoms with Gasteiger partial charge in [0.1, 0.15) is 0 Å². The first-order chi connectivity index (χ1) is 31.1. The second-order valence-electron chi connectivity index (χ2n) is 16.3. The molecule has 0 radical (unpaired) electrons. The zero-order valence-corrected chi connectivity index (χ0v) is 35.5. The number of allylic oxidation sites excluding steroid dienone is 1. The fourth-order valence-corrected chi connectivity index (χ4v) is 9.94. The van der Waals surface area contributed by atoms with Gasteiger partial charge in [0.15, 0.2) is 23.2 Å². The van der Waals surface area contributed by atoms with E-state index in [9.17, 15) is 0 Å². The summed E-state index contributed by atoms with van der Waals surface area (Å²) in [7, 11) is 0. The van der Waals surface area contributed by atoms with Crippen LogP contribution in [0.1, 0.15) is 32.3 Å². The van der Waals surface area contributed by atoms with Gasteiger partial charge in [-0.2, -0.15) is 4.57 Å². The van der Waals surface area contributed by atoms with Crippen LogP contribution in [0.25, 0.3) is 27.6 Å². The van der Waals surface area contributed by atoms with Crippen LogP contribution >= 0.6 is 0 Å². The highest BCUT2D eigenvalue weighted by atomic mass is 16.5. The molecule has 304 valence electrons. The van der Waals surface area contributed by atoms with Gasteiger partial charge in [0.05, 0.1) is 22.3 Å². The molecule has 0 amide bonds. The lowest BCUT2D eigenvalue weighted by atomic mass is 9.75. The first-order valence-electron chi connectivity index (χ1n) is 21.9. The molecule has 11 rings (SSSR count). The maximum atomic E-state index is 7.14. The monoisotopic (exact) mass is 815 g/mol. The summed E-state index contributed by atoms with van der Waals surface area (Å²) in [6.45, 7) is 9.41. The molecule has 63 heavy (non-hydrogen) atoms. The number of benzene rings is 8. The van der Waals surface area contributed by atoms with Crippen molar-refractivity contribution in [1.29, 1.82) is 0 Å². The fraction of sp³-hybridized carbons (Fsp3) is 0.0862. The smallest absolute Gasteiger partial charge is 0.221 e. The standard InChI is InChI=1S/C58H47N4O/c1-4-58(5-2)41(3)50-33-30-47(38-52(50)57-51-29-19-18-20-42(51)36-37-59(57)58)62-53-34-31-48(60(43-21-10-6-11-22-43)44-23-12-7-13-24-44)39-55(53)63-56-40-49(32-35-54(56)62)61(45-25-14-8-15-26-45)46-27-16-9-17-28-46/h6-40H,3-5H2,1-2H3/q+1. The molecule has 1 aromatic heterocycles. The van der Waals surface area contributed by atoms with Gasteiger partial charge in [0, 0.05) is 76.4 Å². The van der Waals surface area contributed by atoms with Crippen LogP contribution in [0.15, 0.2) is 219 Å². The lowest BCUT2D eigenvalue weighted by molar-refractivity contribution is -0.740. The number of hydrogen-bond acceptors (Lipinski definition) is 4. The highest BCUT2D eigenvalue weighted by Crippen LogP contribution is 2.55. The van der Waals surface area contributed by atoms with Gasteiger partial charge in [-0.25, -0.2) is 0 Å². The molecule has 0 unspecified atom stereocenters. The van der Waals surface area contributed by atoms with Gasteiger partial charge in [-0.3, -0.25) is 0 Å². The summed E-state index contributed by atoms with van der Waals surface area (Å²) in [6.07, 6.45) is 4.17. The van der Waals surface area contributed by atoms with Crippen LogP contribution < -0.4 is 24.0 Å². The van der Waals surface area contributed by atoms with Gasteiger partial charge < -0.3 is 19.4 Å². The molecule has 9 aromatic rings. The largest absolute Gasteiger partial charge is 0.453 e. The molecule has 5 heteroatoms. The van der Waals surface area contributed by atoms with Crippen LogP contribution in [0, 0.1) is 0 Å². The van der Waals surface area contributed by atoms with Crippen molar-refractivity contribution in [3.63, 3.8) is 0 Å². The van der Waals surface area contributed by atoms with E-state index in [4.69, 9.17) is 11.3 Å². The molecule has 3 heterocycles. The zero-order chi connectivity index (χ0) is 42.5. The second kappa shape index (κ2) is 15.5. The van der Waals surface area contributed by atoms with Crippen LogP contribution in [0.2, 0.25) is 0 Å². The Morgan fingerprint density at radius 1 is 0.492 bits per heavy atom.